The van der Waals surface area contributed by atoms with Gasteiger partial charge in [0.05, 0.1) is 71.1 Å². The predicted molar refractivity (Wildman–Crippen MR) is 488 cm³/mol. The Balaban J connectivity index is 0.920. The van der Waals surface area contributed by atoms with Crippen molar-refractivity contribution in [2.75, 3.05) is 52.9 Å². The van der Waals surface area contributed by atoms with E-state index in [4.69, 9.17) is 75.8 Å². The largest absolute Gasteiger partial charge is 0.394 e. The molecule has 42 atom stereocenters. The molecule has 16 unspecified atom stereocenters. The standard InChI is InChI=1S/C94H168N4O42/c1-7-9-11-13-15-17-19-21-22-23-24-25-26-28-30-32-34-36-38-40-62(110)98-53(54(109)39-37-35-33-31-29-27-20-18-16-14-12-10-8-2)48-125-90-77(122)75(120)82(61(47-105)133-90)135-93-79(124)84(69(114)57(43-101)129-93)138-88-64(96-51(5)107)72(117)80(59(45-103)131-88)134-92-78(123)83(68(113)56(42-100)128-92)137-89-65(97-52(6)108)73(118)81(60(46-104)132-89)136-94-86(140-91-76(121)74(119)66(111)49(3)126-91)85(70(115)58(44-102)130-94)139-87-63(95-50(4)106)71(116)67(112)55(41-99)127-87/h37,39,49,53-61,63-94,99-105,109,111-124H,7-36,38,40-48H2,1-6H3,(H,95,106)(H,96,107)(H,97,108)(H,98,110)/b39-37+/t49?,53-,54+,55?,56?,57?,58?,59?,60?,61?,63?,64?,65?,66+,67-,68-,69-,70-,71+,72+,73+,74?,75+,76-,77?,78?,79?,80+,81+,82+,83-,84-,85-,86?,87+,88-,89-,90+,91+,92-,93-,94-/m0/s1. The van der Waals surface area contributed by atoms with Crippen molar-refractivity contribution in [3.63, 3.8) is 0 Å². The molecule has 8 aliphatic heterocycles. The topological polar surface area (TPSA) is 709 Å². The minimum atomic E-state index is -2.37. The van der Waals surface area contributed by atoms with E-state index < -0.39 is 328 Å². The molecule has 8 aliphatic rings. The number of ether oxygens (including phenoxy) is 16. The van der Waals surface area contributed by atoms with Crippen molar-refractivity contribution in [3.05, 3.63) is 12.2 Å². The SMILES string of the molecule is CCCCCCCCCCCCC/C=C/[C@@H](O)[C@H](CO[C@@H]1OC(CO)[C@@H](O[C@@H]2OC(CO)[C@H](O)[C@H](O[C@@H]3OC(CO)[C@@H](O[C@@H]4OC(CO)[C@H](O)[C@H](O[C@@H]5OC(CO)[C@@H](O[C@@H]6OC(CO)[C@H](O)[C@H](O[C@H]7OC(CO)[C@H](O)[C@H](O)C7NC(C)=O)C6O[C@H]6OC(C)[C@@H](O)C(O)[C@@H]6O)[C@H](O)C5NC(C)=O)C4O)[C@H](O)C3NC(C)=O)C2O)[C@H](O)C1O)NC(=O)CCCCCCCCCCCCCCCCCCCCC. The summed E-state index contributed by atoms with van der Waals surface area (Å²) in [5, 5.41) is 260. The third kappa shape index (κ3) is 35.4. The summed E-state index contributed by atoms with van der Waals surface area (Å²) in [6, 6.07) is -6.72. The molecule has 0 spiro atoms. The normalized spacial score (nSPS) is 38.7. The predicted octanol–water partition coefficient (Wildman–Crippen LogP) is -4.04. The van der Waals surface area contributed by atoms with Gasteiger partial charge in [0.2, 0.25) is 23.6 Å². The van der Waals surface area contributed by atoms with Crippen molar-refractivity contribution in [2.24, 2.45) is 0 Å². The Labute approximate surface area is 818 Å². The van der Waals surface area contributed by atoms with Crippen LogP contribution in [-0.2, 0) is 95.0 Å². The molecular formula is C94H168N4O42. The molecule has 4 amide bonds. The van der Waals surface area contributed by atoms with Crippen LogP contribution in [0.5, 0.6) is 0 Å². The maximum atomic E-state index is 13.7. The van der Waals surface area contributed by atoms with Crippen LogP contribution in [0.3, 0.4) is 0 Å². The Morgan fingerprint density at radius 3 is 0.993 bits per heavy atom. The molecule has 8 saturated heterocycles. The molecule has 46 nitrogen and oxygen atoms in total. The average Bonchev–Trinajstić information content (AvgIpc) is 0.756. The highest BCUT2D eigenvalue weighted by Crippen LogP contribution is 2.41. The molecule has 46 heteroatoms. The summed E-state index contributed by atoms with van der Waals surface area (Å²) in [6.07, 6.45) is -35.8. The van der Waals surface area contributed by atoms with Gasteiger partial charge >= 0.3 is 0 Å². The first-order valence-electron chi connectivity index (χ1n) is 50.8. The zero-order valence-corrected chi connectivity index (χ0v) is 81.7. The highest BCUT2D eigenvalue weighted by atomic mass is 16.8. The van der Waals surface area contributed by atoms with Crippen molar-refractivity contribution in [3.8, 4) is 0 Å². The summed E-state index contributed by atoms with van der Waals surface area (Å²) in [5.41, 5.74) is 0. The number of amides is 4. The number of hydrogen-bond acceptors (Lipinski definition) is 42. The Morgan fingerprint density at radius 1 is 0.293 bits per heavy atom. The molecule has 816 valence electrons. The van der Waals surface area contributed by atoms with Gasteiger partial charge in [0, 0.05) is 27.2 Å². The molecule has 0 aromatic heterocycles. The van der Waals surface area contributed by atoms with Crippen molar-refractivity contribution >= 4 is 23.6 Å². The van der Waals surface area contributed by atoms with Gasteiger partial charge in [-0.2, -0.15) is 0 Å². The summed E-state index contributed by atoms with van der Waals surface area (Å²) < 4.78 is 96.7. The molecule has 140 heavy (non-hydrogen) atoms. The number of aliphatic hydroxyl groups excluding tert-OH is 22. The fourth-order valence-corrected chi connectivity index (χ4v) is 19.1. The van der Waals surface area contributed by atoms with Crippen molar-refractivity contribution in [2.45, 2.75) is 505 Å². The molecule has 0 aromatic carbocycles. The van der Waals surface area contributed by atoms with E-state index in [1.165, 1.54) is 142 Å². The van der Waals surface area contributed by atoms with E-state index in [0.717, 1.165) is 72.1 Å². The Hall–Kier alpha value is -3.90. The monoisotopic (exact) mass is 2030 g/mol. The maximum Gasteiger partial charge on any atom is 0.220 e. The second-order valence-corrected chi connectivity index (χ2v) is 38.4. The van der Waals surface area contributed by atoms with Gasteiger partial charge in [0.15, 0.2) is 50.3 Å². The first-order valence-corrected chi connectivity index (χ1v) is 50.8. The van der Waals surface area contributed by atoms with Crippen molar-refractivity contribution < 1.29 is 207 Å². The van der Waals surface area contributed by atoms with Gasteiger partial charge in [-0.3, -0.25) is 19.2 Å². The van der Waals surface area contributed by atoms with Crippen molar-refractivity contribution in [1.82, 2.24) is 21.3 Å². The number of hydrogen-bond donors (Lipinski definition) is 26. The van der Waals surface area contributed by atoms with E-state index >= 15 is 0 Å². The van der Waals surface area contributed by atoms with Gasteiger partial charge in [-0.15, -0.1) is 0 Å². The van der Waals surface area contributed by atoms with E-state index in [0.29, 0.717) is 12.8 Å². The van der Waals surface area contributed by atoms with Gasteiger partial charge in [0.1, 0.15) is 189 Å². The number of unbranched alkanes of at least 4 members (excludes halogenated alkanes) is 29. The van der Waals surface area contributed by atoms with Crippen LogP contribution in [0.2, 0.25) is 0 Å². The highest BCUT2D eigenvalue weighted by molar-refractivity contribution is 5.76. The van der Waals surface area contributed by atoms with Crippen LogP contribution >= 0.6 is 0 Å². The van der Waals surface area contributed by atoms with E-state index in [9.17, 15) is 132 Å². The third-order valence-corrected chi connectivity index (χ3v) is 27.3. The highest BCUT2D eigenvalue weighted by Gasteiger charge is 2.61. The molecule has 0 saturated carbocycles. The number of carbonyl (C=O) groups is 4. The number of carbonyl (C=O) groups excluding carboxylic acids is 4. The number of allylic oxidation sites excluding steroid dienone is 1. The van der Waals surface area contributed by atoms with E-state index in [2.05, 4.69) is 35.1 Å². The fraction of sp³-hybridized carbons (Fsp3) is 0.936. The van der Waals surface area contributed by atoms with Crippen LogP contribution in [0, 0.1) is 0 Å². The molecule has 8 heterocycles. The second kappa shape index (κ2) is 63.2. The lowest BCUT2D eigenvalue weighted by Crippen LogP contribution is -2.71. The summed E-state index contributed by atoms with van der Waals surface area (Å²) in [7, 11) is 0. The molecule has 0 aliphatic carbocycles. The molecule has 8 fully saturated rings. The van der Waals surface area contributed by atoms with Crippen LogP contribution < -0.4 is 21.3 Å². The lowest BCUT2D eigenvalue weighted by Gasteiger charge is -2.52. The molecule has 0 radical (unpaired) electrons. The minimum Gasteiger partial charge on any atom is -0.394 e. The van der Waals surface area contributed by atoms with Gasteiger partial charge in [0.25, 0.3) is 0 Å². The van der Waals surface area contributed by atoms with Crippen LogP contribution in [0.15, 0.2) is 12.2 Å². The lowest BCUT2D eigenvalue weighted by atomic mass is 9.93. The van der Waals surface area contributed by atoms with E-state index in [-0.39, 0.29) is 12.3 Å². The quantitative estimate of drug-likeness (QED) is 0.0204. The third-order valence-electron chi connectivity index (χ3n) is 27.3. The summed E-state index contributed by atoms with van der Waals surface area (Å²) in [4.78, 5) is 52.6. The number of aliphatic hydroxyl groups is 22. The molecule has 8 rings (SSSR count). The molecular weight excluding hydrogens is 1860 g/mol. The Bertz CT molecular complexity index is 3460. The molecule has 0 bridgehead atoms. The van der Waals surface area contributed by atoms with Gasteiger partial charge < -0.3 is 209 Å². The smallest absolute Gasteiger partial charge is 0.220 e. The summed E-state index contributed by atoms with van der Waals surface area (Å²) in [6.45, 7) is 0.632. The number of nitrogens with one attached hydrogen (secondary N) is 4. The minimum absolute atomic E-state index is 0.154. The van der Waals surface area contributed by atoms with E-state index in [1.54, 1.807) is 6.08 Å². The Kier molecular flexibility index (Phi) is 54.7. The van der Waals surface area contributed by atoms with Crippen LogP contribution in [0.1, 0.15) is 247 Å². The lowest BCUT2D eigenvalue weighted by molar-refractivity contribution is -0.402. The zero-order chi connectivity index (χ0) is 102. The summed E-state index contributed by atoms with van der Waals surface area (Å²) >= 11 is 0. The molecule has 26 N–H and O–H groups in total. The number of rotatable bonds is 62. The maximum absolute atomic E-state index is 13.7. The van der Waals surface area contributed by atoms with Crippen LogP contribution in [-0.4, -0.2) is 446 Å². The van der Waals surface area contributed by atoms with E-state index in [1.807, 2.05) is 6.08 Å². The van der Waals surface area contributed by atoms with Gasteiger partial charge in [-0.25, -0.2) is 0 Å². The van der Waals surface area contributed by atoms with Crippen molar-refractivity contribution in [1.29, 1.82) is 0 Å². The Morgan fingerprint density at radius 2 is 0.593 bits per heavy atom. The van der Waals surface area contributed by atoms with Crippen LogP contribution in [0.25, 0.3) is 0 Å². The molecule has 0 aromatic rings. The fourth-order valence-electron chi connectivity index (χ4n) is 19.1. The summed E-state index contributed by atoms with van der Waals surface area (Å²) in [5.74, 6) is -3.05. The van der Waals surface area contributed by atoms with Crippen LogP contribution in [0.4, 0.5) is 0 Å². The van der Waals surface area contributed by atoms with Gasteiger partial charge in [-0.1, -0.05) is 206 Å². The first-order chi connectivity index (χ1) is 67.1. The zero-order valence-electron chi connectivity index (χ0n) is 81.7. The average molecular weight is 2030 g/mol. The second-order valence-electron chi connectivity index (χ2n) is 38.4. The first kappa shape index (κ1) is 121. The van der Waals surface area contributed by atoms with Gasteiger partial charge in [-0.05, 0) is 26.2 Å².